The van der Waals surface area contributed by atoms with Crippen molar-refractivity contribution in [1.82, 2.24) is 0 Å². The lowest BCUT2D eigenvalue weighted by Gasteiger charge is -2.08. The van der Waals surface area contributed by atoms with Gasteiger partial charge >= 0.3 is 0 Å². The summed E-state index contributed by atoms with van der Waals surface area (Å²) < 4.78 is 13.9. The second-order valence-electron chi connectivity index (χ2n) is 4.02. The Morgan fingerprint density at radius 2 is 2.05 bits per heavy atom. The highest BCUT2D eigenvalue weighted by molar-refractivity contribution is 9.10. The van der Waals surface area contributed by atoms with Crippen molar-refractivity contribution in [1.29, 1.82) is 0 Å². The number of halogens is 3. The molecule has 0 saturated carbocycles. The zero-order valence-electron chi connectivity index (χ0n) is 10.1. The van der Waals surface area contributed by atoms with Crippen LogP contribution in [0.25, 0.3) is 0 Å². The van der Waals surface area contributed by atoms with Crippen LogP contribution in [-0.4, -0.2) is 4.92 Å². The number of rotatable bonds is 4. The molecule has 0 aliphatic heterocycles. The Hall–Kier alpha value is -1.66. The lowest BCUT2D eigenvalue weighted by atomic mass is 10.2. The minimum atomic E-state index is -0.556. The average molecular weight is 360 g/mol. The van der Waals surface area contributed by atoms with Crippen LogP contribution in [-0.2, 0) is 6.54 Å². The summed E-state index contributed by atoms with van der Waals surface area (Å²) in [6.07, 6.45) is 0. The first-order valence-electron chi connectivity index (χ1n) is 5.59. The number of hydrogen-bond acceptors (Lipinski definition) is 3. The molecule has 0 heterocycles. The van der Waals surface area contributed by atoms with Gasteiger partial charge in [-0.15, -0.1) is 0 Å². The van der Waals surface area contributed by atoms with Crippen molar-refractivity contribution in [2.24, 2.45) is 0 Å². The van der Waals surface area contributed by atoms with Gasteiger partial charge in [0.25, 0.3) is 5.69 Å². The van der Waals surface area contributed by atoms with Crippen LogP contribution in [0.4, 0.5) is 15.8 Å². The van der Waals surface area contributed by atoms with Crippen molar-refractivity contribution >= 4 is 38.9 Å². The fourth-order valence-electron chi connectivity index (χ4n) is 1.66. The lowest BCUT2D eigenvalue weighted by molar-refractivity contribution is -0.384. The van der Waals surface area contributed by atoms with Gasteiger partial charge < -0.3 is 5.32 Å². The molecule has 0 aliphatic carbocycles. The second kappa shape index (κ2) is 6.19. The van der Waals surface area contributed by atoms with Crippen molar-refractivity contribution in [2.75, 3.05) is 5.32 Å². The molecule has 0 aliphatic rings. The third-order valence-electron chi connectivity index (χ3n) is 2.62. The largest absolute Gasteiger partial charge is 0.375 e. The molecule has 0 spiro atoms. The quantitative estimate of drug-likeness (QED) is 0.632. The summed E-state index contributed by atoms with van der Waals surface area (Å²) in [4.78, 5) is 10.3. The molecule has 20 heavy (non-hydrogen) atoms. The molecule has 2 aromatic rings. The summed E-state index contributed by atoms with van der Waals surface area (Å²) >= 11 is 9.17. The summed E-state index contributed by atoms with van der Waals surface area (Å²) in [5.74, 6) is -0.532. The first kappa shape index (κ1) is 14.7. The molecule has 2 rings (SSSR count). The highest BCUT2D eigenvalue weighted by Gasteiger charge is 2.14. The Kier molecular flexibility index (Phi) is 4.57. The van der Waals surface area contributed by atoms with Crippen LogP contribution in [0.5, 0.6) is 0 Å². The van der Waals surface area contributed by atoms with Gasteiger partial charge in [-0.2, -0.15) is 0 Å². The zero-order chi connectivity index (χ0) is 14.7. The molecule has 0 unspecified atom stereocenters. The smallest absolute Gasteiger partial charge is 0.292 e. The standard InChI is InChI=1S/C13H9BrClFN2O2/c14-10-5-8(1-3-11(10)15)7-17-12-6-9(16)2-4-13(12)18(19)20/h1-6,17H,7H2. The molecule has 2 aromatic carbocycles. The molecule has 0 amide bonds. The number of benzene rings is 2. The van der Waals surface area contributed by atoms with E-state index in [2.05, 4.69) is 21.2 Å². The van der Waals surface area contributed by atoms with E-state index in [1.54, 1.807) is 18.2 Å². The first-order valence-corrected chi connectivity index (χ1v) is 6.76. The summed E-state index contributed by atoms with van der Waals surface area (Å²) in [6.45, 7) is 0.320. The minimum absolute atomic E-state index is 0.140. The van der Waals surface area contributed by atoms with Gasteiger partial charge in [-0.05, 0) is 39.7 Å². The summed E-state index contributed by atoms with van der Waals surface area (Å²) in [6, 6.07) is 8.58. The molecule has 7 heteroatoms. The minimum Gasteiger partial charge on any atom is -0.375 e. The van der Waals surface area contributed by atoms with E-state index in [9.17, 15) is 14.5 Å². The summed E-state index contributed by atoms with van der Waals surface area (Å²) in [5, 5.41) is 14.3. The molecule has 0 radical (unpaired) electrons. The Morgan fingerprint density at radius 3 is 2.70 bits per heavy atom. The van der Waals surface area contributed by atoms with Crippen LogP contribution in [0, 0.1) is 15.9 Å². The van der Waals surface area contributed by atoms with E-state index in [-0.39, 0.29) is 11.4 Å². The maximum atomic E-state index is 13.2. The van der Waals surface area contributed by atoms with E-state index in [1.807, 2.05) is 0 Å². The average Bonchev–Trinajstić information content (AvgIpc) is 2.40. The monoisotopic (exact) mass is 358 g/mol. The topological polar surface area (TPSA) is 55.2 Å². The predicted octanol–water partition coefficient (Wildman–Crippen LogP) is 4.76. The molecule has 0 bridgehead atoms. The zero-order valence-corrected chi connectivity index (χ0v) is 12.4. The Morgan fingerprint density at radius 1 is 1.30 bits per heavy atom. The maximum absolute atomic E-state index is 13.2. The highest BCUT2D eigenvalue weighted by Crippen LogP contribution is 2.27. The van der Waals surface area contributed by atoms with E-state index in [1.165, 1.54) is 0 Å². The molecule has 0 fully saturated rings. The third kappa shape index (κ3) is 3.46. The highest BCUT2D eigenvalue weighted by atomic mass is 79.9. The van der Waals surface area contributed by atoms with Crippen molar-refractivity contribution in [3.8, 4) is 0 Å². The van der Waals surface area contributed by atoms with Gasteiger partial charge in [0.1, 0.15) is 11.5 Å². The number of nitro groups is 1. The molecule has 0 saturated heterocycles. The summed E-state index contributed by atoms with van der Waals surface area (Å²) in [7, 11) is 0. The van der Waals surface area contributed by atoms with Crippen LogP contribution in [0.15, 0.2) is 40.9 Å². The second-order valence-corrected chi connectivity index (χ2v) is 5.28. The van der Waals surface area contributed by atoms with E-state index < -0.39 is 10.7 Å². The van der Waals surface area contributed by atoms with Crippen molar-refractivity contribution in [3.05, 3.63) is 67.4 Å². The number of nitro benzene ring substituents is 1. The van der Waals surface area contributed by atoms with Gasteiger partial charge in [0.05, 0.1) is 9.95 Å². The van der Waals surface area contributed by atoms with Crippen molar-refractivity contribution in [3.63, 3.8) is 0 Å². The Bertz CT molecular complexity index is 667. The molecular weight excluding hydrogens is 351 g/mol. The fourth-order valence-corrected chi connectivity index (χ4v) is 2.20. The van der Waals surface area contributed by atoms with Crippen LogP contribution in [0.2, 0.25) is 5.02 Å². The molecule has 0 aromatic heterocycles. The van der Waals surface area contributed by atoms with Crippen molar-refractivity contribution in [2.45, 2.75) is 6.54 Å². The number of nitrogens with one attached hydrogen (secondary N) is 1. The SMILES string of the molecule is O=[N+]([O-])c1ccc(F)cc1NCc1ccc(Cl)c(Br)c1. The third-order valence-corrected chi connectivity index (χ3v) is 3.84. The van der Waals surface area contributed by atoms with E-state index in [0.29, 0.717) is 11.6 Å². The molecule has 1 N–H and O–H groups in total. The Labute approximate surface area is 127 Å². The maximum Gasteiger partial charge on any atom is 0.292 e. The van der Waals surface area contributed by atoms with Crippen molar-refractivity contribution < 1.29 is 9.31 Å². The predicted molar refractivity (Wildman–Crippen MR) is 79.5 cm³/mol. The summed E-state index contributed by atoms with van der Waals surface area (Å²) in [5.41, 5.74) is 0.834. The number of nitrogens with zero attached hydrogens (tertiary/aromatic N) is 1. The van der Waals surface area contributed by atoms with Gasteiger partial charge in [0.15, 0.2) is 0 Å². The van der Waals surface area contributed by atoms with E-state index >= 15 is 0 Å². The first-order chi connectivity index (χ1) is 9.47. The molecular formula is C13H9BrClFN2O2. The normalized spacial score (nSPS) is 10.3. The molecule has 4 nitrogen and oxygen atoms in total. The van der Waals surface area contributed by atoms with E-state index in [4.69, 9.17) is 11.6 Å². The molecule has 104 valence electrons. The van der Waals surface area contributed by atoms with Crippen LogP contribution >= 0.6 is 27.5 Å². The fraction of sp³-hybridized carbons (Fsp3) is 0.0769. The number of anilines is 1. The van der Waals surface area contributed by atoms with Gasteiger partial charge in [0, 0.05) is 23.2 Å². The lowest BCUT2D eigenvalue weighted by Crippen LogP contribution is -2.03. The van der Waals surface area contributed by atoms with Gasteiger partial charge in [-0.3, -0.25) is 10.1 Å². The molecule has 0 atom stereocenters. The van der Waals surface area contributed by atoms with Crippen LogP contribution < -0.4 is 5.32 Å². The number of hydrogen-bond donors (Lipinski definition) is 1. The van der Waals surface area contributed by atoms with Gasteiger partial charge in [-0.1, -0.05) is 17.7 Å². The Balaban J connectivity index is 2.20. The van der Waals surface area contributed by atoms with E-state index in [0.717, 1.165) is 28.2 Å². The van der Waals surface area contributed by atoms with Gasteiger partial charge in [-0.25, -0.2) is 4.39 Å². The van der Waals surface area contributed by atoms with Gasteiger partial charge in [0.2, 0.25) is 0 Å². The van der Waals surface area contributed by atoms with Crippen LogP contribution in [0.3, 0.4) is 0 Å². The van der Waals surface area contributed by atoms with Crippen LogP contribution in [0.1, 0.15) is 5.56 Å².